The molecule has 1 aliphatic heterocycles. The summed E-state index contributed by atoms with van der Waals surface area (Å²) in [6.07, 6.45) is 4.87. The molecule has 1 aliphatic rings. The third-order valence-electron chi connectivity index (χ3n) is 6.22. The van der Waals surface area contributed by atoms with Crippen molar-refractivity contribution in [2.45, 2.75) is 45.5 Å². The van der Waals surface area contributed by atoms with E-state index in [0.29, 0.717) is 31.5 Å². The van der Waals surface area contributed by atoms with Gasteiger partial charge in [-0.05, 0) is 61.6 Å². The highest BCUT2D eigenvalue weighted by Gasteiger charge is 2.21. The first kappa shape index (κ1) is 24.8. The lowest BCUT2D eigenvalue weighted by Crippen LogP contribution is -2.18. The molecule has 0 saturated carbocycles. The van der Waals surface area contributed by atoms with E-state index in [-0.39, 0.29) is 6.23 Å². The summed E-state index contributed by atoms with van der Waals surface area (Å²) in [5.41, 5.74) is 7.46. The van der Waals surface area contributed by atoms with Gasteiger partial charge < -0.3 is 20.1 Å². The number of methoxy groups -OCH3 is 1. The van der Waals surface area contributed by atoms with Gasteiger partial charge in [0.2, 0.25) is 5.95 Å². The Morgan fingerprint density at radius 2 is 1.89 bits per heavy atom. The van der Waals surface area contributed by atoms with E-state index in [0.717, 1.165) is 59.6 Å². The van der Waals surface area contributed by atoms with Gasteiger partial charge in [0.1, 0.15) is 12.0 Å². The summed E-state index contributed by atoms with van der Waals surface area (Å²) in [4.78, 5) is 19.5. The highest BCUT2D eigenvalue weighted by molar-refractivity contribution is 5.84. The van der Waals surface area contributed by atoms with Crippen LogP contribution in [-0.4, -0.2) is 39.8 Å². The topological polar surface area (TPSA) is 107 Å². The van der Waals surface area contributed by atoms with Crippen LogP contribution in [0.3, 0.4) is 0 Å². The number of rotatable bonds is 11. The summed E-state index contributed by atoms with van der Waals surface area (Å²) in [6, 6.07) is 16.0. The van der Waals surface area contributed by atoms with Crippen LogP contribution < -0.4 is 20.9 Å². The number of ether oxygens (including phenoxy) is 2. The lowest BCUT2D eigenvalue weighted by molar-refractivity contribution is -0.0298. The van der Waals surface area contributed by atoms with Crippen molar-refractivity contribution in [2.24, 2.45) is 0 Å². The molecule has 3 heterocycles. The van der Waals surface area contributed by atoms with Crippen molar-refractivity contribution in [3.63, 3.8) is 0 Å². The van der Waals surface area contributed by atoms with Gasteiger partial charge in [0.15, 0.2) is 17.0 Å². The normalized spacial score (nSPS) is 15.5. The quantitative estimate of drug-likeness (QED) is 0.240. The van der Waals surface area contributed by atoms with Crippen molar-refractivity contribution in [2.75, 3.05) is 36.4 Å². The lowest BCUT2D eigenvalue weighted by Gasteiger charge is -2.24. The predicted octanol–water partition coefficient (Wildman–Crippen LogP) is 5.12. The van der Waals surface area contributed by atoms with Crippen LogP contribution in [0.1, 0.15) is 43.5 Å². The van der Waals surface area contributed by atoms with Gasteiger partial charge in [0.05, 0.1) is 25.7 Å². The zero-order valence-corrected chi connectivity index (χ0v) is 21.2. The Kier molecular flexibility index (Phi) is 7.97. The van der Waals surface area contributed by atoms with Crippen LogP contribution in [-0.2, 0) is 22.7 Å². The Balaban J connectivity index is 1.39. The number of hydrogen-bond donors (Lipinski definition) is 3. The van der Waals surface area contributed by atoms with Crippen LogP contribution in [0.15, 0.2) is 54.9 Å². The molecular weight excluding hydrogens is 470 g/mol. The Hall–Kier alpha value is -3.89. The van der Waals surface area contributed by atoms with Crippen LogP contribution in [0.2, 0.25) is 0 Å². The Labute approximate surface area is 216 Å². The molecule has 37 heavy (non-hydrogen) atoms. The Morgan fingerprint density at radius 1 is 1.03 bits per heavy atom. The zero-order valence-electron chi connectivity index (χ0n) is 21.2. The number of hydrogen-bond acceptors (Lipinski definition) is 9. The van der Waals surface area contributed by atoms with Crippen molar-refractivity contribution >= 4 is 28.6 Å². The number of nitrogens with zero attached hydrogens (tertiary/aromatic N) is 4. The number of anilines is 3. The predicted molar refractivity (Wildman–Crippen MR) is 144 cm³/mol. The van der Waals surface area contributed by atoms with Crippen molar-refractivity contribution in [3.8, 4) is 5.75 Å². The third kappa shape index (κ3) is 6.10. The summed E-state index contributed by atoms with van der Waals surface area (Å²) < 4.78 is 13.4. The number of aromatic nitrogens is 4. The Bertz CT molecular complexity index is 1300. The van der Waals surface area contributed by atoms with Crippen LogP contribution in [0.25, 0.3) is 11.2 Å². The smallest absolute Gasteiger partial charge is 0.227 e. The van der Waals surface area contributed by atoms with Gasteiger partial charge in [-0.3, -0.25) is 14.9 Å². The summed E-state index contributed by atoms with van der Waals surface area (Å²) in [7, 11) is 1.67. The number of nitrogens with one attached hydrogen (secondary N) is 3. The molecule has 10 heteroatoms. The summed E-state index contributed by atoms with van der Waals surface area (Å²) >= 11 is 0. The van der Waals surface area contributed by atoms with Gasteiger partial charge in [-0.25, -0.2) is 4.98 Å². The van der Waals surface area contributed by atoms with E-state index < -0.39 is 0 Å². The van der Waals surface area contributed by atoms with Gasteiger partial charge in [0, 0.05) is 19.7 Å². The first-order valence-corrected chi connectivity index (χ1v) is 12.7. The van der Waals surface area contributed by atoms with Gasteiger partial charge in [-0.15, -0.1) is 0 Å². The fourth-order valence-electron chi connectivity index (χ4n) is 4.27. The average molecular weight is 504 g/mol. The fraction of sp³-hybridized carbons (Fsp3) is 0.370. The van der Waals surface area contributed by atoms with Crippen LogP contribution in [0, 0.1) is 0 Å². The third-order valence-corrected chi connectivity index (χ3v) is 6.22. The second-order valence-corrected chi connectivity index (χ2v) is 8.83. The van der Waals surface area contributed by atoms with E-state index in [1.807, 2.05) is 60.0 Å². The first-order chi connectivity index (χ1) is 18.2. The molecule has 5 rings (SSSR count). The number of fused-ring (bicyclic) bond motifs is 1. The SMILES string of the molecule is CCONc1ccc(CNc2nc(NCc3cccc(OC)c3)nc3c2ncn3C2CCCCO2)cc1. The first-order valence-electron chi connectivity index (χ1n) is 12.7. The lowest BCUT2D eigenvalue weighted by atomic mass is 10.2. The minimum Gasteiger partial charge on any atom is -0.497 e. The summed E-state index contributed by atoms with van der Waals surface area (Å²) in [5, 5.41) is 6.83. The number of imidazole rings is 1. The molecule has 0 amide bonds. The van der Waals surface area contributed by atoms with E-state index in [4.69, 9.17) is 24.3 Å². The van der Waals surface area contributed by atoms with Gasteiger partial charge in [0.25, 0.3) is 0 Å². The van der Waals surface area contributed by atoms with Gasteiger partial charge in [-0.2, -0.15) is 9.97 Å². The Morgan fingerprint density at radius 3 is 2.68 bits per heavy atom. The highest BCUT2D eigenvalue weighted by Crippen LogP contribution is 2.29. The monoisotopic (exact) mass is 503 g/mol. The maximum absolute atomic E-state index is 6.03. The van der Waals surface area contributed by atoms with E-state index >= 15 is 0 Å². The number of benzene rings is 2. The second-order valence-electron chi connectivity index (χ2n) is 8.83. The molecule has 194 valence electrons. The maximum Gasteiger partial charge on any atom is 0.227 e. The van der Waals surface area contributed by atoms with E-state index in [2.05, 4.69) is 21.1 Å². The molecule has 0 aliphatic carbocycles. The molecular formula is C27H33N7O3. The fourth-order valence-corrected chi connectivity index (χ4v) is 4.27. The molecule has 4 aromatic rings. The van der Waals surface area contributed by atoms with Crippen LogP contribution in [0.4, 0.5) is 17.5 Å². The molecule has 0 bridgehead atoms. The molecule has 0 radical (unpaired) electrons. The molecule has 1 unspecified atom stereocenters. The second kappa shape index (κ2) is 11.9. The zero-order chi connectivity index (χ0) is 25.5. The molecule has 2 aromatic heterocycles. The molecule has 1 atom stereocenters. The molecule has 0 spiro atoms. The molecule has 1 fully saturated rings. The van der Waals surface area contributed by atoms with Crippen molar-refractivity contribution in [3.05, 3.63) is 66.0 Å². The molecule has 1 saturated heterocycles. The molecule has 10 nitrogen and oxygen atoms in total. The summed E-state index contributed by atoms with van der Waals surface area (Å²) in [6.45, 7) is 4.43. The average Bonchev–Trinajstić information content (AvgIpc) is 3.39. The summed E-state index contributed by atoms with van der Waals surface area (Å²) in [5.74, 6) is 2.00. The standard InChI is InChI=1S/C27H33N7O3/c1-3-37-33-21-12-10-19(11-13-21)16-28-25-24-26(34(18-30-24)23-9-4-5-14-36-23)32-27(31-25)29-17-20-7-6-8-22(15-20)35-2/h6-8,10-13,15,18,23,33H,3-5,9,14,16-17H2,1-2H3,(H2,28,29,31,32). The highest BCUT2D eigenvalue weighted by atomic mass is 16.6. The van der Waals surface area contributed by atoms with Crippen LogP contribution in [0.5, 0.6) is 5.75 Å². The van der Waals surface area contributed by atoms with Crippen molar-refractivity contribution in [1.82, 2.24) is 19.5 Å². The maximum atomic E-state index is 6.03. The van der Waals surface area contributed by atoms with E-state index in [1.165, 1.54) is 0 Å². The van der Waals surface area contributed by atoms with Gasteiger partial charge in [-0.1, -0.05) is 24.3 Å². The van der Waals surface area contributed by atoms with Crippen molar-refractivity contribution < 1.29 is 14.3 Å². The minimum atomic E-state index is -0.0712. The molecule has 2 aromatic carbocycles. The largest absolute Gasteiger partial charge is 0.497 e. The van der Waals surface area contributed by atoms with Gasteiger partial charge >= 0.3 is 0 Å². The van der Waals surface area contributed by atoms with E-state index in [9.17, 15) is 0 Å². The minimum absolute atomic E-state index is 0.0712. The van der Waals surface area contributed by atoms with E-state index in [1.54, 1.807) is 13.4 Å². The van der Waals surface area contributed by atoms with Crippen LogP contribution >= 0.6 is 0 Å². The molecule has 3 N–H and O–H groups in total. The van der Waals surface area contributed by atoms with Crippen molar-refractivity contribution in [1.29, 1.82) is 0 Å².